The second-order valence-electron chi connectivity index (χ2n) is 5.44. The normalized spacial score (nSPS) is 19.9. The molecule has 0 atom stereocenters. The van der Waals surface area contributed by atoms with Crippen molar-refractivity contribution >= 4 is 10.0 Å². The summed E-state index contributed by atoms with van der Waals surface area (Å²) in [5.41, 5.74) is 6.19. The molecule has 19 heavy (non-hydrogen) atoms. The van der Waals surface area contributed by atoms with Crippen LogP contribution < -0.4 is 5.73 Å². The van der Waals surface area contributed by atoms with Crippen LogP contribution in [0.2, 0.25) is 0 Å². The molecule has 2 aliphatic carbocycles. The Kier molecular flexibility index (Phi) is 3.32. The molecule has 0 bridgehead atoms. The van der Waals surface area contributed by atoms with Crippen LogP contribution in [0.25, 0.3) is 0 Å². The number of nitrogens with two attached hydrogens (primary N) is 1. The van der Waals surface area contributed by atoms with E-state index in [1.54, 1.807) is 16.4 Å². The van der Waals surface area contributed by atoms with Crippen molar-refractivity contribution in [3.8, 4) is 0 Å². The Balaban J connectivity index is 1.85. The fraction of sp³-hybridized carbons (Fsp3) is 0.615. The molecule has 0 aromatic carbocycles. The van der Waals surface area contributed by atoms with E-state index in [9.17, 15) is 8.42 Å². The van der Waals surface area contributed by atoms with Crippen LogP contribution in [0, 0.1) is 5.92 Å². The highest BCUT2D eigenvalue weighted by molar-refractivity contribution is 7.89. The van der Waals surface area contributed by atoms with E-state index in [1.165, 1.54) is 6.20 Å². The average Bonchev–Trinajstić information content (AvgIpc) is 3.28. The van der Waals surface area contributed by atoms with Gasteiger partial charge in [-0.1, -0.05) is 0 Å². The Morgan fingerprint density at radius 1 is 1.26 bits per heavy atom. The summed E-state index contributed by atoms with van der Waals surface area (Å²) >= 11 is 0. The Morgan fingerprint density at radius 2 is 2.00 bits per heavy atom. The molecule has 2 N–H and O–H groups in total. The van der Waals surface area contributed by atoms with Crippen LogP contribution >= 0.6 is 0 Å². The standard InChI is InChI=1S/C13H19N3O2S/c14-7-11-3-6-13(8-15-11)19(17,18)16(12-4-5-12)9-10-1-2-10/h3,6,8,10,12H,1-2,4-5,7,9,14H2. The number of rotatable bonds is 6. The van der Waals surface area contributed by atoms with Gasteiger partial charge in [0.25, 0.3) is 0 Å². The molecule has 1 aromatic heterocycles. The minimum absolute atomic E-state index is 0.208. The first-order chi connectivity index (χ1) is 9.11. The number of hydrogen-bond donors (Lipinski definition) is 1. The van der Waals surface area contributed by atoms with Gasteiger partial charge in [-0.15, -0.1) is 0 Å². The quantitative estimate of drug-likeness (QED) is 0.847. The van der Waals surface area contributed by atoms with Gasteiger partial charge in [0.15, 0.2) is 0 Å². The van der Waals surface area contributed by atoms with Crippen LogP contribution in [-0.4, -0.2) is 30.3 Å². The predicted octanol–water partition coefficient (Wildman–Crippen LogP) is 1.10. The van der Waals surface area contributed by atoms with Crippen molar-refractivity contribution in [2.75, 3.05) is 6.54 Å². The van der Waals surface area contributed by atoms with Crippen LogP contribution in [0.5, 0.6) is 0 Å². The number of pyridine rings is 1. The number of aromatic nitrogens is 1. The maximum Gasteiger partial charge on any atom is 0.244 e. The van der Waals surface area contributed by atoms with E-state index in [0.717, 1.165) is 25.7 Å². The minimum atomic E-state index is -3.39. The Morgan fingerprint density at radius 3 is 2.47 bits per heavy atom. The van der Waals surface area contributed by atoms with Gasteiger partial charge in [-0.25, -0.2) is 8.42 Å². The van der Waals surface area contributed by atoms with E-state index in [1.807, 2.05) is 0 Å². The first-order valence-electron chi connectivity index (χ1n) is 6.78. The van der Waals surface area contributed by atoms with Gasteiger partial charge < -0.3 is 5.73 Å². The molecule has 0 unspecified atom stereocenters. The molecule has 6 heteroatoms. The number of hydrogen-bond acceptors (Lipinski definition) is 4. The van der Waals surface area contributed by atoms with Crippen molar-refractivity contribution in [1.29, 1.82) is 0 Å². The van der Waals surface area contributed by atoms with Gasteiger partial charge in [0.05, 0.1) is 5.69 Å². The molecule has 104 valence electrons. The van der Waals surface area contributed by atoms with Gasteiger partial charge in [-0.3, -0.25) is 4.98 Å². The number of sulfonamides is 1. The summed E-state index contributed by atoms with van der Waals surface area (Å²) in [4.78, 5) is 4.38. The zero-order chi connectivity index (χ0) is 13.5. The summed E-state index contributed by atoms with van der Waals surface area (Å²) in [5, 5.41) is 0. The fourth-order valence-corrected chi connectivity index (χ4v) is 3.89. The van der Waals surface area contributed by atoms with Crippen LogP contribution in [0.15, 0.2) is 23.2 Å². The van der Waals surface area contributed by atoms with Crippen LogP contribution in [0.3, 0.4) is 0 Å². The molecule has 5 nitrogen and oxygen atoms in total. The van der Waals surface area contributed by atoms with Crippen LogP contribution in [0.4, 0.5) is 0 Å². The van der Waals surface area contributed by atoms with E-state index in [2.05, 4.69) is 4.98 Å². The molecule has 0 spiro atoms. The highest BCUT2D eigenvalue weighted by atomic mass is 32.2. The lowest BCUT2D eigenvalue weighted by Crippen LogP contribution is -2.35. The van der Waals surface area contributed by atoms with Crippen molar-refractivity contribution in [2.24, 2.45) is 11.7 Å². The van der Waals surface area contributed by atoms with E-state index in [-0.39, 0.29) is 10.9 Å². The van der Waals surface area contributed by atoms with E-state index in [0.29, 0.717) is 24.7 Å². The summed E-state index contributed by atoms with van der Waals surface area (Å²) in [6.45, 7) is 1.00. The predicted molar refractivity (Wildman–Crippen MR) is 71.8 cm³/mol. The molecule has 0 amide bonds. The lowest BCUT2D eigenvalue weighted by Gasteiger charge is -2.21. The molecule has 2 fully saturated rings. The van der Waals surface area contributed by atoms with Crippen LogP contribution in [0.1, 0.15) is 31.4 Å². The van der Waals surface area contributed by atoms with Crippen molar-refractivity contribution in [1.82, 2.24) is 9.29 Å². The van der Waals surface area contributed by atoms with E-state index < -0.39 is 10.0 Å². The third kappa shape index (κ3) is 2.80. The van der Waals surface area contributed by atoms with Gasteiger partial charge in [0.2, 0.25) is 10.0 Å². The fourth-order valence-electron chi connectivity index (χ4n) is 2.18. The van der Waals surface area contributed by atoms with Crippen LogP contribution in [-0.2, 0) is 16.6 Å². The maximum atomic E-state index is 12.6. The van der Waals surface area contributed by atoms with Gasteiger partial charge in [0.1, 0.15) is 4.90 Å². The second kappa shape index (κ2) is 4.85. The minimum Gasteiger partial charge on any atom is -0.325 e. The first kappa shape index (κ1) is 13.0. The summed E-state index contributed by atoms with van der Waals surface area (Å²) in [6.07, 6.45) is 5.71. The summed E-state index contributed by atoms with van der Waals surface area (Å²) < 4.78 is 26.9. The highest BCUT2D eigenvalue weighted by Gasteiger charge is 2.41. The first-order valence-corrected chi connectivity index (χ1v) is 8.22. The van der Waals surface area contributed by atoms with Gasteiger partial charge >= 0.3 is 0 Å². The van der Waals surface area contributed by atoms with Crippen molar-refractivity contribution in [2.45, 2.75) is 43.2 Å². The van der Waals surface area contributed by atoms with Crippen molar-refractivity contribution in [3.63, 3.8) is 0 Å². The molecule has 2 aliphatic rings. The van der Waals surface area contributed by atoms with Gasteiger partial charge in [-0.05, 0) is 43.7 Å². The monoisotopic (exact) mass is 281 g/mol. The Labute approximate surface area is 113 Å². The zero-order valence-corrected chi connectivity index (χ0v) is 11.6. The van der Waals surface area contributed by atoms with Crippen molar-refractivity contribution < 1.29 is 8.42 Å². The van der Waals surface area contributed by atoms with Crippen molar-refractivity contribution in [3.05, 3.63) is 24.0 Å². The molecule has 0 aliphatic heterocycles. The van der Waals surface area contributed by atoms with Gasteiger partial charge in [-0.2, -0.15) is 4.31 Å². The molecular formula is C13H19N3O2S. The maximum absolute atomic E-state index is 12.6. The second-order valence-corrected chi connectivity index (χ2v) is 7.33. The third-order valence-electron chi connectivity index (χ3n) is 3.70. The highest BCUT2D eigenvalue weighted by Crippen LogP contribution is 2.37. The van der Waals surface area contributed by atoms with Gasteiger partial charge in [0, 0.05) is 25.3 Å². The SMILES string of the molecule is NCc1ccc(S(=O)(=O)N(CC2CC2)C2CC2)cn1. The lowest BCUT2D eigenvalue weighted by atomic mass is 10.4. The Bertz CT molecular complexity index is 548. The summed E-state index contributed by atoms with van der Waals surface area (Å²) in [7, 11) is -3.39. The van der Waals surface area contributed by atoms with E-state index in [4.69, 9.17) is 5.73 Å². The topological polar surface area (TPSA) is 76.3 Å². The average molecular weight is 281 g/mol. The lowest BCUT2D eigenvalue weighted by molar-refractivity contribution is 0.388. The summed E-state index contributed by atoms with van der Waals surface area (Å²) in [6, 6.07) is 3.52. The molecule has 1 heterocycles. The summed E-state index contributed by atoms with van der Waals surface area (Å²) in [5.74, 6) is 0.562. The molecule has 1 aromatic rings. The zero-order valence-electron chi connectivity index (χ0n) is 10.8. The number of nitrogens with zero attached hydrogens (tertiary/aromatic N) is 2. The molecule has 2 saturated carbocycles. The third-order valence-corrected chi connectivity index (χ3v) is 5.60. The Hall–Kier alpha value is -0.980. The molecule has 0 radical (unpaired) electrons. The molecule has 0 saturated heterocycles. The largest absolute Gasteiger partial charge is 0.325 e. The molecular weight excluding hydrogens is 262 g/mol. The molecule has 3 rings (SSSR count). The smallest absolute Gasteiger partial charge is 0.244 e. The van der Waals surface area contributed by atoms with E-state index >= 15 is 0 Å².